The lowest BCUT2D eigenvalue weighted by Crippen LogP contribution is -2.72. The summed E-state index contributed by atoms with van der Waals surface area (Å²) in [4.78, 5) is 22.8. The number of carbonyl (C=O) groups excluding carboxylic acids is 1. The maximum atomic E-state index is 10.5. The van der Waals surface area contributed by atoms with E-state index < -0.39 is 0 Å². The van der Waals surface area contributed by atoms with Gasteiger partial charge in [0.2, 0.25) is 12.4 Å². The van der Waals surface area contributed by atoms with E-state index in [1.54, 1.807) is 12.4 Å². The van der Waals surface area contributed by atoms with Crippen molar-refractivity contribution in [2.24, 2.45) is 5.41 Å². The maximum Gasteiger partial charge on any atom is 0.225 e. The number of aromatic nitrogens is 2. The van der Waals surface area contributed by atoms with Crippen LogP contribution < -0.4 is 4.90 Å². The van der Waals surface area contributed by atoms with Crippen molar-refractivity contribution in [3.8, 4) is 0 Å². The number of anilines is 1. The molecule has 0 radical (unpaired) electrons. The average Bonchev–Trinajstić information content (AvgIpc) is 2.16. The summed E-state index contributed by atoms with van der Waals surface area (Å²) in [6.45, 7) is 3.72. The molecule has 0 aliphatic carbocycles. The first-order valence-electron chi connectivity index (χ1n) is 5.03. The molecule has 1 spiro atoms. The van der Waals surface area contributed by atoms with E-state index in [-0.39, 0.29) is 0 Å². The smallest absolute Gasteiger partial charge is 0.225 e. The van der Waals surface area contributed by atoms with Gasteiger partial charge in [-0.05, 0) is 6.07 Å². The van der Waals surface area contributed by atoms with Crippen molar-refractivity contribution in [3.63, 3.8) is 0 Å². The molecule has 78 valence electrons. The predicted octanol–water partition coefficient (Wildman–Crippen LogP) is -0.245. The average molecular weight is 204 g/mol. The summed E-state index contributed by atoms with van der Waals surface area (Å²) in [5.74, 6) is 0.799. The van der Waals surface area contributed by atoms with Crippen LogP contribution in [0.4, 0.5) is 5.95 Å². The second kappa shape index (κ2) is 2.92. The molecule has 1 aromatic heterocycles. The predicted molar refractivity (Wildman–Crippen MR) is 54.3 cm³/mol. The first-order valence-corrected chi connectivity index (χ1v) is 5.03. The third-order valence-corrected chi connectivity index (χ3v) is 3.11. The lowest BCUT2D eigenvalue weighted by molar-refractivity contribution is -0.131. The highest BCUT2D eigenvalue weighted by Gasteiger charge is 2.52. The molecule has 2 fully saturated rings. The number of carbonyl (C=O) groups is 1. The Hall–Kier alpha value is -1.65. The molecule has 0 atom stereocenters. The minimum Gasteiger partial charge on any atom is -0.344 e. The Bertz CT molecular complexity index is 366. The Morgan fingerprint density at radius 3 is 2.47 bits per heavy atom. The molecular weight excluding hydrogens is 192 g/mol. The maximum absolute atomic E-state index is 10.5. The number of amides is 1. The van der Waals surface area contributed by atoms with Gasteiger partial charge in [0.1, 0.15) is 0 Å². The zero-order chi connectivity index (χ0) is 10.3. The highest BCUT2D eigenvalue weighted by Crippen LogP contribution is 2.39. The minimum atomic E-state index is 0.333. The molecule has 5 heteroatoms. The first kappa shape index (κ1) is 8.64. The summed E-state index contributed by atoms with van der Waals surface area (Å²) in [5.41, 5.74) is 0.333. The number of rotatable bonds is 2. The monoisotopic (exact) mass is 204 g/mol. The van der Waals surface area contributed by atoms with E-state index in [1.807, 2.05) is 11.0 Å². The third kappa shape index (κ3) is 1.26. The van der Waals surface area contributed by atoms with Gasteiger partial charge in [0.05, 0.1) is 0 Å². The molecule has 1 amide bonds. The van der Waals surface area contributed by atoms with Gasteiger partial charge >= 0.3 is 0 Å². The van der Waals surface area contributed by atoms with Crippen LogP contribution in [0.2, 0.25) is 0 Å². The highest BCUT2D eigenvalue weighted by molar-refractivity contribution is 5.51. The first-order chi connectivity index (χ1) is 7.31. The Balaban J connectivity index is 1.61. The van der Waals surface area contributed by atoms with E-state index in [0.717, 1.165) is 38.5 Å². The van der Waals surface area contributed by atoms with Gasteiger partial charge in [-0.2, -0.15) is 0 Å². The summed E-state index contributed by atoms with van der Waals surface area (Å²) in [6, 6.07) is 1.82. The summed E-state index contributed by atoms with van der Waals surface area (Å²) in [7, 11) is 0. The third-order valence-electron chi connectivity index (χ3n) is 3.11. The molecule has 15 heavy (non-hydrogen) atoms. The lowest BCUT2D eigenvalue weighted by Gasteiger charge is -2.59. The van der Waals surface area contributed by atoms with E-state index in [1.165, 1.54) is 0 Å². The van der Waals surface area contributed by atoms with Crippen LogP contribution in [0.25, 0.3) is 0 Å². The van der Waals surface area contributed by atoms with Gasteiger partial charge in [0.15, 0.2) is 0 Å². The summed E-state index contributed by atoms with van der Waals surface area (Å²) in [6.07, 6.45) is 4.44. The van der Waals surface area contributed by atoms with Crippen LogP contribution >= 0.6 is 0 Å². The summed E-state index contributed by atoms with van der Waals surface area (Å²) in [5, 5.41) is 0. The van der Waals surface area contributed by atoms with Crippen LogP contribution in [0.15, 0.2) is 18.5 Å². The van der Waals surface area contributed by atoms with Crippen LogP contribution in [0, 0.1) is 5.41 Å². The summed E-state index contributed by atoms with van der Waals surface area (Å²) < 4.78 is 0. The van der Waals surface area contributed by atoms with Crippen LogP contribution in [0.5, 0.6) is 0 Å². The second-order valence-corrected chi connectivity index (χ2v) is 4.42. The van der Waals surface area contributed by atoms with Crippen molar-refractivity contribution >= 4 is 12.4 Å². The van der Waals surface area contributed by atoms with Crippen LogP contribution in [-0.4, -0.2) is 47.5 Å². The van der Waals surface area contributed by atoms with E-state index in [0.29, 0.717) is 5.41 Å². The number of nitrogens with zero attached hydrogens (tertiary/aromatic N) is 4. The van der Waals surface area contributed by atoms with Crippen molar-refractivity contribution in [2.75, 3.05) is 31.1 Å². The zero-order valence-electron chi connectivity index (χ0n) is 8.33. The molecule has 0 aromatic carbocycles. The molecule has 1 aromatic rings. The fraction of sp³-hybridized carbons (Fsp3) is 0.500. The Morgan fingerprint density at radius 1 is 1.20 bits per heavy atom. The Morgan fingerprint density at radius 2 is 1.87 bits per heavy atom. The fourth-order valence-corrected chi connectivity index (χ4v) is 2.45. The molecule has 5 nitrogen and oxygen atoms in total. The van der Waals surface area contributed by atoms with Crippen molar-refractivity contribution in [1.82, 2.24) is 14.9 Å². The molecule has 2 saturated heterocycles. The molecule has 0 bridgehead atoms. The minimum absolute atomic E-state index is 0.333. The van der Waals surface area contributed by atoms with Gasteiger partial charge in [-0.15, -0.1) is 0 Å². The van der Waals surface area contributed by atoms with E-state index in [2.05, 4.69) is 14.9 Å². The highest BCUT2D eigenvalue weighted by atomic mass is 16.1. The number of hydrogen-bond donors (Lipinski definition) is 0. The largest absolute Gasteiger partial charge is 0.344 e. The van der Waals surface area contributed by atoms with Gasteiger partial charge in [0, 0.05) is 44.0 Å². The Labute approximate surface area is 87.7 Å². The lowest BCUT2D eigenvalue weighted by atomic mass is 9.73. The normalized spacial score (nSPS) is 22.1. The second-order valence-electron chi connectivity index (χ2n) is 4.42. The number of hydrogen-bond acceptors (Lipinski definition) is 4. The fourth-order valence-electron chi connectivity index (χ4n) is 2.45. The zero-order valence-corrected chi connectivity index (χ0v) is 8.33. The van der Waals surface area contributed by atoms with Gasteiger partial charge < -0.3 is 9.80 Å². The Kier molecular flexibility index (Phi) is 1.68. The molecule has 2 aliphatic rings. The van der Waals surface area contributed by atoms with Crippen molar-refractivity contribution in [1.29, 1.82) is 0 Å². The van der Waals surface area contributed by atoms with E-state index in [4.69, 9.17) is 0 Å². The SMILES string of the molecule is O=CN1CC2(C1)CN(c1ncccn1)C2. The topological polar surface area (TPSA) is 49.3 Å². The van der Waals surface area contributed by atoms with Crippen LogP contribution in [0.1, 0.15) is 0 Å². The molecule has 2 aliphatic heterocycles. The number of likely N-dealkylation sites (tertiary alicyclic amines) is 1. The molecule has 0 unspecified atom stereocenters. The van der Waals surface area contributed by atoms with Crippen molar-refractivity contribution < 1.29 is 4.79 Å². The van der Waals surface area contributed by atoms with Gasteiger partial charge in [-0.1, -0.05) is 0 Å². The van der Waals surface area contributed by atoms with E-state index in [9.17, 15) is 4.79 Å². The molecule has 0 N–H and O–H groups in total. The van der Waals surface area contributed by atoms with Gasteiger partial charge in [0.25, 0.3) is 0 Å². The standard InChI is InChI=1S/C10H12N4O/c15-8-13-4-10(5-13)6-14(7-10)9-11-2-1-3-12-9/h1-3,8H,4-7H2. The molecular formula is C10H12N4O. The van der Waals surface area contributed by atoms with Crippen LogP contribution in [-0.2, 0) is 4.79 Å². The quantitative estimate of drug-likeness (QED) is 0.624. The van der Waals surface area contributed by atoms with Gasteiger partial charge in [-0.3, -0.25) is 4.79 Å². The molecule has 3 rings (SSSR count). The van der Waals surface area contributed by atoms with Crippen LogP contribution in [0.3, 0.4) is 0 Å². The molecule has 0 saturated carbocycles. The van der Waals surface area contributed by atoms with Crippen molar-refractivity contribution in [3.05, 3.63) is 18.5 Å². The van der Waals surface area contributed by atoms with E-state index >= 15 is 0 Å². The van der Waals surface area contributed by atoms with Crippen molar-refractivity contribution in [2.45, 2.75) is 0 Å². The van der Waals surface area contributed by atoms with Gasteiger partial charge in [-0.25, -0.2) is 9.97 Å². The molecule has 3 heterocycles. The summed E-state index contributed by atoms with van der Waals surface area (Å²) >= 11 is 0.